The summed E-state index contributed by atoms with van der Waals surface area (Å²) in [5.74, 6) is 1.43. The maximum Gasteiger partial charge on any atom is 0.417 e. The molecule has 0 aliphatic carbocycles. The van der Waals surface area contributed by atoms with Crippen LogP contribution in [0.25, 0.3) is 0 Å². The van der Waals surface area contributed by atoms with Gasteiger partial charge in [0.2, 0.25) is 0 Å². The van der Waals surface area contributed by atoms with Gasteiger partial charge in [0.1, 0.15) is 18.8 Å². The molecule has 5 aromatic rings. The van der Waals surface area contributed by atoms with E-state index in [0.717, 1.165) is 28.5 Å². The molecule has 47 heavy (non-hydrogen) atoms. The molecular formula is C37H38ClF3N4O2. The van der Waals surface area contributed by atoms with Crippen molar-refractivity contribution in [2.75, 3.05) is 26.3 Å². The van der Waals surface area contributed by atoms with Gasteiger partial charge in [-0.15, -0.1) is 0 Å². The van der Waals surface area contributed by atoms with Gasteiger partial charge in [-0.1, -0.05) is 96.5 Å². The molecule has 0 N–H and O–H groups in total. The predicted molar refractivity (Wildman–Crippen MR) is 177 cm³/mol. The molecule has 0 aliphatic rings. The Morgan fingerprint density at radius 3 is 2.28 bits per heavy atom. The Hall–Kier alpha value is -4.18. The minimum absolute atomic E-state index is 0.00481. The second kappa shape index (κ2) is 16.6. The Bertz CT molecular complexity index is 1640. The molecule has 5 rings (SSSR count). The molecule has 0 fully saturated rings. The van der Waals surface area contributed by atoms with Crippen molar-refractivity contribution >= 4 is 11.6 Å². The summed E-state index contributed by atoms with van der Waals surface area (Å²) in [6, 6.07) is 32.2. The number of hydrogen-bond acceptors (Lipinski definition) is 5. The molecule has 0 atom stereocenters. The largest absolute Gasteiger partial charge is 0.494 e. The van der Waals surface area contributed by atoms with E-state index in [2.05, 4.69) is 39.2 Å². The predicted octanol–water partition coefficient (Wildman–Crippen LogP) is 8.64. The highest BCUT2D eigenvalue weighted by Gasteiger charge is 2.34. The zero-order chi connectivity index (χ0) is 33.1. The van der Waals surface area contributed by atoms with E-state index < -0.39 is 11.7 Å². The van der Waals surface area contributed by atoms with Crippen LogP contribution >= 0.6 is 11.6 Å². The van der Waals surface area contributed by atoms with Crippen molar-refractivity contribution in [2.24, 2.45) is 0 Å². The van der Waals surface area contributed by atoms with Gasteiger partial charge < -0.3 is 9.47 Å². The number of halogens is 4. The third-order valence-corrected chi connectivity index (χ3v) is 8.23. The van der Waals surface area contributed by atoms with Crippen LogP contribution in [-0.4, -0.2) is 46.0 Å². The first-order chi connectivity index (χ1) is 22.8. The first-order valence-corrected chi connectivity index (χ1v) is 16.0. The molecule has 10 heteroatoms. The number of nitrogens with zero attached hydrogens (tertiary/aromatic N) is 4. The minimum atomic E-state index is -4.53. The maximum atomic E-state index is 13.7. The van der Waals surface area contributed by atoms with E-state index in [-0.39, 0.29) is 17.5 Å². The molecule has 0 bridgehead atoms. The number of rotatable bonds is 16. The first-order valence-electron chi connectivity index (χ1n) is 15.6. The average Bonchev–Trinajstić information content (AvgIpc) is 3.52. The van der Waals surface area contributed by atoms with E-state index in [0.29, 0.717) is 57.3 Å². The molecule has 0 saturated heterocycles. The molecule has 6 nitrogen and oxygen atoms in total. The van der Waals surface area contributed by atoms with Gasteiger partial charge in [-0.3, -0.25) is 4.90 Å². The van der Waals surface area contributed by atoms with Crippen molar-refractivity contribution in [3.05, 3.63) is 148 Å². The molecule has 1 heterocycles. The van der Waals surface area contributed by atoms with Gasteiger partial charge in [0.05, 0.1) is 17.2 Å². The maximum absolute atomic E-state index is 13.7. The van der Waals surface area contributed by atoms with E-state index in [9.17, 15) is 13.2 Å². The number of hydrogen-bond donors (Lipinski definition) is 0. The highest BCUT2D eigenvalue weighted by atomic mass is 35.5. The van der Waals surface area contributed by atoms with Crippen LogP contribution in [0.5, 0.6) is 5.75 Å². The minimum Gasteiger partial charge on any atom is -0.494 e. The Morgan fingerprint density at radius 1 is 0.894 bits per heavy atom. The van der Waals surface area contributed by atoms with Crippen LogP contribution < -0.4 is 4.74 Å². The summed E-state index contributed by atoms with van der Waals surface area (Å²) in [5.41, 5.74) is 2.89. The van der Waals surface area contributed by atoms with Crippen LogP contribution in [-0.2, 0) is 30.6 Å². The van der Waals surface area contributed by atoms with Crippen LogP contribution in [0.2, 0.25) is 5.02 Å². The Balaban J connectivity index is 1.28. The quantitative estimate of drug-likeness (QED) is 0.0991. The van der Waals surface area contributed by atoms with Gasteiger partial charge >= 0.3 is 6.18 Å². The summed E-state index contributed by atoms with van der Waals surface area (Å²) in [7, 11) is 0. The van der Waals surface area contributed by atoms with Gasteiger partial charge in [-0.2, -0.15) is 18.3 Å². The second-order valence-electron chi connectivity index (χ2n) is 11.2. The van der Waals surface area contributed by atoms with E-state index >= 15 is 0 Å². The van der Waals surface area contributed by atoms with Crippen molar-refractivity contribution in [1.82, 2.24) is 19.7 Å². The number of benzene rings is 4. The normalized spacial score (nSPS) is 11.8. The fourth-order valence-electron chi connectivity index (χ4n) is 5.50. The summed E-state index contributed by atoms with van der Waals surface area (Å²) in [4.78, 5) is 6.53. The zero-order valence-corrected chi connectivity index (χ0v) is 27.0. The van der Waals surface area contributed by atoms with Crippen molar-refractivity contribution in [3.63, 3.8) is 0 Å². The monoisotopic (exact) mass is 662 g/mol. The van der Waals surface area contributed by atoms with E-state index in [4.69, 9.17) is 21.1 Å². The number of aromatic nitrogens is 3. The number of alkyl halides is 3. The van der Waals surface area contributed by atoms with Gasteiger partial charge in [0, 0.05) is 38.6 Å². The van der Waals surface area contributed by atoms with Gasteiger partial charge in [0.25, 0.3) is 0 Å². The SMILES string of the molecule is CCOCn1cnc(Cc2cccc(OCCCN(Cc3cccc(C(F)(F)F)c3Cl)CC(c3ccccc3)c3ccccc3)c2)n1. The topological polar surface area (TPSA) is 52.4 Å². The summed E-state index contributed by atoms with van der Waals surface area (Å²) >= 11 is 6.36. The fourth-order valence-corrected chi connectivity index (χ4v) is 5.79. The molecule has 246 valence electrons. The Morgan fingerprint density at radius 2 is 1.60 bits per heavy atom. The fraction of sp³-hybridized carbons (Fsp3) is 0.297. The molecule has 0 radical (unpaired) electrons. The molecule has 1 aromatic heterocycles. The summed E-state index contributed by atoms with van der Waals surface area (Å²) in [6.07, 6.45) is -1.66. The van der Waals surface area contributed by atoms with Crippen LogP contribution in [0.4, 0.5) is 13.2 Å². The second-order valence-corrected chi connectivity index (χ2v) is 11.6. The highest BCUT2D eigenvalue weighted by molar-refractivity contribution is 6.32. The van der Waals surface area contributed by atoms with Crippen LogP contribution in [0.3, 0.4) is 0 Å². The number of ether oxygens (including phenoxy) is 2. The van der Waals surface area contributed by atoms with E-state index in [1.165, 1.54) is 6.07 Å². The molecule has 0 saturated carbocycles. The molecule has 0 spiro atoms. The van der Waals surface area contributed by atoms with Crippen LogP contribution in [0, 0.1) is 0 Å². The summed E-state index contributed by atoms with van der Waals surface area (Å²) in [5, 5.41) is 4.20. The van der Waals surface area contributed by atoms with Crippen molar-refractivity contribution in [1.29, 1.82) is 0 Å². The molecule has 0 amide bonds. The molecular weight excluding hydrogens is 625 g/mol. The third-order valence-electron chi connectivity index (χ3n) is 7.78. The van der Waals surface area contributed by atoms with Gasteiger partial charge in [-0.25, -0.2) is 9.67 Å². The summed E-state index contributed by atoms with van der Waals surface area (Å²) < 4.78 is 54.3. The lowest BCUT2D eigenvalue weighted by atomic mass is 9.90. The lowest BCUT2D eigenvalue weighted by molar-refractivity contribution is -0.137. The average molecular weight is 663 g/mol. The third kappa shape index (κ3) is 9.91. The lowest BCUT2D eigenvalue weighted by Gasteiger charge is -2.29. The Labute approximate surface area is 278 Å². The lowest BCUT2D eigenvalue weighted by Crippen LogP contribution is -2.31. The smallest absolute Gasteiger partial charge is 0.417 e. The molecule has 0 aliphatic heterocycles. The molecule has 0 unspecified atom stereocenters. The highest BCUT2D eigenvalue weighted by Crippen LogP contribution is 2.37. The Kier molecular flexibility index (Phi) is 12.1. The van der Waals surface area contributed by atoms with Crippen molar-refractivity contribution in [3.8, 4) is 5.75 Å². The van der Waals surface area contributed by atoms with Gasteiger partial charge in [-0.05, 0) is 53.8 Å². The van der Waals surface area contributed by atoms with Crippen LogP contribution in [0.15, 0.2) is 109 Å². The van der Waals surface area contributed by atoms with Crippen LogP contribution in [0.1, 0.15) is 52.9 Å². The summed E-state index contributed by atoms with van der Waals surface area (Å²) in [6.45, 7) is 4.75. The van der Waals surface area contributed by atoms with Crippen molar-refractivity contribution < 1.29 is 22.6 Å². The standard InChI is InChI=1S/C37H38ClF3N4O2/c1-2-46-27-45-26-42-35(43-45)23-28-12-9-18-32(22-28)47-21-11-20-44(24-31-17-10-19-34(36(31)38)37(39,40)41)25-33(29-13-5-3-6-14-29)30-15-7-4-8-16-30/h3-10,12-19,22,26,33H,2,11,20-21,23-25,27H2,1H3. The van der Waals surface area contributed by atoms with E-state index in [1.54, 1.807) is 17.1 Å². The van der Waals surface area contributed by atoms with Gasteiger partial charge in [0.15, 0.2) is 5.82 Å². The zero-order valence-electron chi connectivity index (χ0n) is 26.2. The van der Waals surface area contributed by atoms with E-state index in [1.807, 2.05) is 67.6 Å². The molecule has 4 aromatic carbocycles. The van der Waals surface area contributed by atoms with Crippen molar-refractivity contribution in [2.45, 2.75) is 45.1 Å². The first kappa shape index (κ1) is 34.2.